The maximum atomic E-state index is 5.20. The summed E-state index contributed by atoms with van der Waals surface area (Å²) in [6.45, 7) is 4.19. The van der Waals surface area contributed by atoms with Crippen molar-refractivity contribution in [3.63, 3.8) is 0 Å². The molecule has 90 valence electrons. The highest BCUT2D eigenvalue weighted by atomic mass is 16.5. The van der Waals surface area contributed by atoms with Gasteiger partial charge in [0.1, 0.15) is 0 Å². The monoisotopic (exact) mass is 213 g/mol. The fourth-order valence-electron chi connectivity index (χ4n) is 2.72. The first kappa shape index (κ1) is 13.0. The number of hydrogen-bond donors (Lipinski definition) is 1. The Morgan fingerprint density at radius 2 is 1.87 bits per heavy atom. The molecule has 0 amide bonds. The van der Waals surface area contributed by atoms with Crippen LogP contribution in [0.2, 0.25) is 0 Å². The predicted octanol–water partition coefficient (Wildman–Crippen LogP) is 2.97. The Kier molecular flexibility index (Phi) is 7.03. The molecule has 1 aliphatic rings. The Hall–Kier alpha value is -0.0800. The largest absolute Gasteiger partial charge is 0.385 e. The highest BCUT2D eigenvalue weighted by Gasteiger charge is 2.21. The van der Waals surface area contributed by atoms with Crippen molar-refractivity contribution in [1.82, 2.24) is 5.32 Å². The van der Waals surface area contributed by atoms with Gasteiger partial charge in [0.15, 0.2) is 0 Å². The van der Waals surface area contributed by atoms with Crippen molar-refractivity contribution in [2.45, 2.75) is 57.9 Å². The van der Waals surface area contributed by atoms with Gasteiger partial charge in [-0.05, 0) is 31.7 Å². The van der Waals surface area contributed by atoms with Crippen LogP contribution in [0, 0.1) is 5.92 Å². The van der Waals surface area contributed by atoms with Crippen molar-refractivity contribution in [1.29, 1.82) is 0 Å². The van der Waals surface area contributed by atoms with Crippen LogP contribution in [0.15, 0.2) is 0 Å². The van der Waals surface area contributed by atoms with Crippen molar-refractivity contribution in [2.24, 2.45) is 5.92 Å². The molecule has 1 N–H and O–H groups in total. The zero-order valence-electron chi connectivity index (χ0n) is 10.4. The third-order valence-corrected chi connectivity index (χ3v) is 3.57. The van der Waals surface area contributed by atoms with E-state index in [2.05, 4.69) is 12.2 Å². The molecule has 0 radical (unpaired) electrons. The molecular weight excluding hydrogens is 186 g/mol. The number of rotatable bonds is 6. The van der Waals surface area contributed by atoms with E-state index in [0.717, 1.165) is 19.1 Å². The van der Waals surface area contributed by atoms with Crippen LogP contribution >= 0.6 is 0 Å². The summed E-state index contributed by atoms with van der Waals surface area (Å²) in [6, 6.07) is 0.688. The van der Waals surface area contributed by atoms with Gasteiger partial charge in [-0.3, -0.25) is 0 Å². The molecule has 0 aromatic rings. The van der Waals surface area contributed by atoms with Gasteiger partial charge in [-0.15, -0.1) is 0 Å². The lowest BCUT2D eigenvalue weighted by Crippen LogP contribution is -2.37. The summed E-state index contributed by atoms with van der Waals surface area (Å²) in [6.07, 6.45) is 9.76. The lowest BCUT2D eigenvalue weighted by Gasteiger charge is -2.26. The number of ether oxygens (including phenoxy) is 1. The Labute approximate surface area is 94.8 Å². The van der Waals surface area contributed by atoms with E-state index in [9.17, 15) is 0 Å². The second-order valence-corrected chi connectivity index (χ2v) is 4.70. The van der Waals surface area contributed by atoms with E-state index >= 15 is 0 Å². The highest BCUT2D eigenvalue weighted by Crippen LogP contribution is 2.26. The maximum absolute atomic E-state index is 5.20. The summed E-state index contributed by atoms with van der Waals surface area (Å²) in [7, 11) is 1.80. The fourth-order valence-corrected chi connectivity index (χ4v) is 2.72. The van der Waals surface area contributed by atoms with Crippen LogP contribution in [0.4, 0.5) is 0 Å². The molecule has 1 atom stereocenters. The van der Waals surface area contributed by atoms with Crippen molar-refractivity contribution in [3.05, 3.63) is 0 Å². The molecule has 0 bridgehead atoms. The third kappa shape index (κ3) is 4.98. The SMILES string of the molecule is CCNC(CCOC)C1CCCCCC1. The molecule has 0 heterocycles. The van der Waals surface area contributed by atoms with Crippen LogP contribution in [0.5, 0.6) is 0 Å². The zero-order valence-corrected chi connectivity index (χ0v) is 10.4. The van der Waals surface area contributed by atoms with Gasteiger partial charge in [0.05, 0.1) is 0 Å². The van der Waals surface area contributed by atoms with Crippen molar-refractivity contribution >= 4 is 0 Å². The first-order chi connectivity index (χ1) is 7.38. The quantitative estimate of drug-likeness (QED) is 0.685. The molecule has 15 heavy (non-hydrogen) atoms. The second kappa shape index (κ2) is 8.12. The first-order valence-corrected chi connectivity index (χ1v) is 6.60. The van der Waals surface area contributed by atoms with Crippen LogP contribution in [-0.4, -0.2) is 26.3 Å². The summed E-state index contributed by atoms with van der Waals surface area (Å²) >= 11 is 0. The standard InChI is InChI=1S/C13H27NO/c1-3-14-13(10-11-15-2)12-8-6-4-5-7-9-12/h12-14H,3-11H2,1-2H3. The number of hydrogen-bond acceptors (Lipinski definition) is 2. The van der Waals surface area contributed by atoms with E-state index in [1.165, 1.54) is 44.9 Å². The van der Waals surface area contributed by atoms with Gasteiger partial charge in [-0.1, -0.05) is 32.6 Å². The smallest absolute Gasteiger partial charge is 0.0477 e. The highest BCUT2D eigenvalue weighted by molar-refractivity contribution is 4.78. The molecule has 2 nitrogen and oxygen atoms in total. The Balaban J connectivity index is 2.36. The molecule has 1 rings (SSSR count). The molecular formula is C13H27NO. The third-order valence-electron chi connectivity index (χ3n) is 3.57. The van der Waals surface area contributed by atoms with Crippen LogP contribution in [0.3, 0.4) is 0 Å². The topological polar surface area (TPSA) is 21.3 Å². The average Bonchev–Trinajstić information content (AvgIpc) is 2.52. The van der Waals surface area contributed by atoms with Gasteiger partial charge in [0.25, 0.3) is 0 Å². The summed E-state index contributed by atoms with van der Waals surface area (Å²) in [5.74, 6) is 0.891. The van der Waals surface area contributed by atoms with E-state index in [1.807, 2.05) is 0 Å². The van der Waals surface area contributed by atoms with Crippen molar-refractivity contribution in [3.8, 4) is 0 Å². The molecule has 0 spiro atoms. The Morgan fingerprint density at radius 1 is 1.20 bits per heavy atom. The van der Waals surface area contributed by atoms with Gasteiger partial charge < -0.3 is 10.1 Å². The number of methoxy groups -OCH3 is 1. The minimum absolute atomic E-state index is 0.688. The molecule has 1 aliphatic carbocycles. The van der Waals surface area contributed by atoms with Gasteiger partial charge in [-0.2, -0.15) is 0 Å². The predicted molar refractivity (Wildman–Crippen MR) is 65.1 cm³/mol. The van der Waals surface area contributed by atoms with Gasteiger partial charge in [0.2, 0.25) is 0 Å². The molecule has 1 saturated carbocycles. The molecule has 0 saturated heterocycles. The van der Waals surface area contributed by atoms with Crippen LogP contribution in [-0.2, 0) is 4.74 Å². The second-order valence-electron chi connectivity index (χ2n) is 4.70. The maximum Gasteiger partial charge on any atom is 0.0477 e. The minimum atomic E-state index is 0.688. The van der Waals surface area contributed by atoms with Gasteiger partial charge >= 0.3 is 0 Å². The fraction of sp³-hybridized carbons (Fsp3) is 1.00. The van der Waals surface area contributed by atoms with Crippen LogP contribution in [0.1, 0.15) is 51.9 Å². The number of nitrogens with one attached hydrogen (secondary N) is 1. The molecule has 2 heteroatoms. The first-order valence-electron chi connectivity index (χ1n) is 6.60. The lowest BCUT2D eigenvalue weighted by atomic mass is 9.90. The van der Waals surface area contributed by atoms with Crippen LogP contribution in [0.25, 0.3) is 0 Å². The molecule has 1 fully saturated rings. The molecule has 0 aromatic carbocycles. The Bertz CT molecular complexity index is 141. The van der Waals surface area contributed by atoms with E-state index in [1.54, 1.807) is 7.11 Å². The summed E-state index contributed by atoms with van der Waals surface area (Å²) < 4.78 is 5.20. The van der Waals surface area contributed by atoms with E-state index in [-0.39, 0.29) is 0 Å². The summed E-state index contributed by atoms with van der Waals surface area (Å²) in [5.41, 5.74) is 0. The summed E-state index contributed by atoms with van der Waals surface area (Å²) in [4.78, 5) is 0. The molecule has 0 aliphatic heterocycles. The van der Waals surface area contributed by atoms with E-state index in [0.29, 0.717) is 6.04 Å². The van der Waals surface area contributed by atoms with Crippen molar-refractivity contribution in [2.75, 3.05) is 20.3 Å². The Morgan fingerprint density at radius 3 is 2.40 bits per heavy atom. The minimum Gasteiger partial charge on any atom is -0.385 e. The van der Waals surface area contributed by atoms with E-state index in [4.69, 9.17) is 4.74 Å². The zero-order chi connectivity index (χ0) is 10.9. The average molecular weight is 213 g/mol. The summed E-state index contributed by atoms with van der Waals surface area (Å²) in [5, 5.41) is 3.63. The molecule has 1 unspecified atom stereocenters. The van der Waals surface area contributed by atoms with Crippen molar-refractivity contribution < 1.29 is 4.74 Å². The molecule has 0 aromatic heterocycles. The van der Waals surface area contributed by atoms with E-state index < -0.39 is 0 Å². The van der Waals surface area contributed by atoms with Gasteiger partial charge in [0, 0.05) is 19.8 Å². The van der Waals surface area contributed by atoms with Gasteiger partial charge in [-0.25, -0.2) is 0 Å². The normalized spacial score (nSPS) is 21.2. The lowest BCUT2D eigenvalue weighted by molar-refractivity contribution is 0.166. The van der Waals surface area contributed by atoms with Crippen LogP contribution < -0.4 is 5.32 Å².